The predicted molar refractivity (Wildman–Crippen MR) is 92.4 cm³/mol. The molecule has 1 aliphatic heterocycles. The molecule has 4 rings (SSSR count). The molecule has 1 heteroatoms. The molecule has 22 heavy (non-hydrogen) atoms. The number of fused-ring (bicyclic) bond motifs is 3. The fraction of sp³-hybridized carbons (Fsp3) is 0.429. The SMILES string of the molecule is CCCN1CCC2c3ccccc3C(c3ccccc3)CC21. The number of hydrogen-bond acceptors (Lipinski definition) is 1. The van der Waals surface area contributed by atoms with Crippen molar-refractivity contribution in [3.05, 3.63) is 71.3 Å². The van der Waals surface area contributed by atoms with Crippen LogP contribution in [-0.2, 0) is 0 Å². The van der Waals surface area contributed by atoms with E-state index in [1.165, 1.54) is 37.9 Å². The van der Waals surface area contributed by atoms with Crippen LogP contribution in [0, 0.1) is 0 Å². The van der Waals surface area contributed by atoms with Gasteiger partial charge in [-0.15, -0.1) is 0 Å². The maximum Gasteiger partial charge on any atom is 0.0174 e. The first-order valence-corrected chi connectivity index (χ1v) is 8.76. The summed E-state index contributed by atoms with van der Waals surface area (Å²) < 4.78 is 0. The molecule has 0 bridgehead atoms. The smallest absolute Gasteiger partial charge is 0.0174 e. The molecule has 114 valence electrons. The van der Waals surface area contributed by atoms with Crippen molar-refractivity contribution in [1.29, 1.82) is 0 Å². The van der Waals surface area contributed by atoms with Gasteiger partial charge in [0.15, 0.2) is 0 Å². The van der Waals surface area contributed by atoms with Gasteiger partial charge in [0.2, 0.25) is 0 Å². The van der Waals surface area contributed by atoms with Crippen LogP contribution >= 0.6 is 0 Å². The van der Waals surface area contributed by atoms with E-state index in [1.54, 1.807) is 11.1 Å². The first-order valence-electron chi connectivity index (χ1n) is 8.76. The van der Waals surface area contributed by atoms with E-state index in [-0.39, 0.29) is 0 Å². The summed E-state index contributed by atoms with van der Waals surface area (Å²) in [5.74, 6) is 1.32. The molecule has 0 spiro atoms. The van der Waals surface area contributed by atoms with Crippen LogP contribution in [0.15, 0.2) is 54.6 Å². The summed E-state index contributed by atoms with van der Waals surface area (Å²) in [5.41, 5.74) is 4.68. The van der Waals surface area contributed by atoms with Crippen molar-refractivity contribution < 1.29 is 0 Å². The van der Waals surface area contributed by atoms with Gasteiger partial charge in [-0.2, -0.15) is 0 Å². The van der Waals surface area contributed by atoms with Gasteiger partial charge in [0.25, 0.3) is 0 Å². The number of likely N-dealkylation sites (tertiary alicyclic amines) is 1. The Labute approximate surface area is 134 Å². The number of hydrogen-bond donors (Lipinski definition) is 0. The van der Waals surface area contributed by atoms with Gasteiger partial charge in [-0.1, -0.05) is 61.5 Å². The van der Waals surface area contributed by atoms with Gasteiger partial charge in [-0.25, -0.2) is 0 Å². The lowest BCUT2D eigenvalue weighted by Gasteiger charge is -2.38. The summed E-state index contributed by atoms with van der Waals surface area (Å²) in [6.07, 6.45) is 3.88. The molecule has 0 radical (unpaired) electrons. The van der Waals surface area contributed by atoms with Crippen LogP contribution in [0.3, 0.4) is 0 Å². The van der Waals surface area contributed by atoms with Gasteiger partial charge < -0.3 is 0 Å². The van der Waals surface area contributed by atoms with E-state index in [0.29, 0.717) is 5.92 Å². The zero-order valence-corrected chi connectivity index (χ0v) is 13.4. The van der Waals surface area contributed by atoms with Crippen LogP contribution in [0.2, 0.25) is 0 Å². The highest BCUT2D eigenvalue weighted by Gasteiger charge is 2.41. The lowest BCUT2D eigenvalue weighted by atomic mass is 9.71. The zero-order valence-electron chi connectivity index (χ0n) is 13.4. The average molecular weight is 291 g/mol. The minimum atomic E-state index is 0.566. The molecule has 1 heterocycles. The maximum absolute atomic E-state index is 2.75. The Morgan fingerprint density at radius 3 is 2.45 bits per heavy atom. The van der Waals surface area contributed by atoms with Crippen molar-refractivity contribution in [2.24, 2.45) is 0 Å². The fourth-order valence-electron chi connectivity index (χ4n) is 4.69. The first-order chi connectivity index (χ1) is 10.9. The second-order valence-corrected chi connectivity index (χ2v) is 6.83. The highest BCUT2D eigenvalue weighted by Crippen LogP contribution is 2.48. The minimum absolute atomic E-state index is 0.566. The molecule has 0 saturated carbocycles. The van der Waals surface area contributed by atoms with E-state index >= 15 is 0 Å². The van der Waals surface area contributed by atoms with Crippen molar-refractivity contribution in [2.75, 3.05) is 13.1 Å². The van der Waals surface area contributed by atoms with Gasteiger partial charge >= 0.3 is 0 Å². The van der Waals surface area contributed by atoms with Crippen LogP contribution in [0.25, 0.3) is 0 Å². The minimum Gasteiger partial charge on any atom is -0.300 e. The van der Waals surface area contributed by atoms with Crippen LogP contribution in [0.4, 0.5) is 0 Å². The van der Waals surface area contributed by atoms with E-state index in [2.05, 4.69) is 66.4 Å². The predicted octanol–water partition coefficient (Wildman–Crippen LogP) is 4.79. The number of benzene rings is 2. The zero-order chi connectivity index (χ0) is 14.9. The summed E-state index contributed by atoms with van der Waals surface area (Å²) in [6, 6.07) is 21.0. The Kier molecular flexibility index (Phi) is 3.75. The lowest BCUT2D eigenvalue weighted by molar-refractivity contribution is 0.220. The van der Waals surface area contributed by atoms with Gasteiger partial charge in [-0.05, 0) is 49.0 Å². The molecule has 1 aliphatic carbocycles. The number of rotatable bonds is 3. The van der Waals surface area contributed by atoms with Crippen LogP contribution in [-0.4, -0.2) is 24.0 Å². The third kappa shape index (κ3) is 2.28. The van der Waals surface area contributed by atoms with Crippen molar-refractivity contribution in [2.45, 2.75) is 44.1 Å². The largest absolute Gasteiger partial charge is 0.300 e. The quantitative estimate of drug-likeness (QED) is 0.786. The molecule has 3 atom stereocenters. The lowest BCUT2D eigenvalue weighted by Crippen LogP contribution is -2.37. The second kappa shape index (κ2) is 5.89. The molecule has 0 amide bonds. The number of nitrogens with zero attached hydrogens (tertiary/aromatic N) is 1. The summed E-state index contributed by atoms with van der Waals surface area (Å²) in [7, 11) is 0. The van der Waals surface area contributed by atoms with Gasteiger partial charge in [0.05, 0.1) is 0 Å². The Balaban J connectivity index is 1.76. The normalized spacial score (nSPS) is 27.4. The third-order valence-corrected chi connectivity index (χ3v) is 5.62. The highest BCUT2D eigenvalue weighted by molar-refractivity contribution is 5.44. The second-order valence-electron chi connectivity index (χ2n) is 6.83. The Morgan fingerprint density at radius 1 is 0.955 bits per heavy atom. The molecule has 1 fully saturated rings. The molecule has 0 N–H and O–H groups in total. The molecule has 1 nitrogen and oxygen atoms in total. The Hall–Kier alpha value is -1.60. The standard InChI is InChI=1S/C21H25N/c1-2-13-22-14-12-19-17-10-6-7-11-18(17)20(15-21(19)22)16-8-4-3-5-9-16/h3-11,19-21H,2,12-15H2,1H3. The molecular weight excluding hydrogens is 266 g/mol. The van der Waals surface area contributed by atoms with Crippen molar-refractivity contribution in [1.82, 2.24) is 4.90 Å². The van der Waals surface area contributed by atoms with E-state index in [4.69, 9.17) is 0 Å². The van der Waals surface area contributed by atoms with Crippen molar-refractivity contribution in [3.8, 4) is 0 Å². The maximum atomic E-state index is 2.75. The van der Waals surface area contributed by atoms with Gasteiger partial charge in [0.1, 0.15) is 0 Å². The van der Waals surface area contributed by atoms with Gasteiger partial charge in [-0.3, -0.25) is 4.90 Å². The summed E-state index contributed by atoms with van der Waals surface area (Å²) >= 11 is 0. The first kappa shape index (κ1) is 14.0. The van der Waals surface area contributed by atoms with E-state index < -0.39 is 0 Å². The van der Waals surface area contributed by atoms with Crippen LogP contribution < -0.4 is 0 Å². The summed E-state index contributed by atoms with van der Waals surface area (Å²) in [5, 5.41) is 0. The third-order valence-electron chi connectivity index (χ3n) is 5.62. The molecule has 2 aromatic carbocycles. The molecule has 3 unspecified atom stereocenters. The Bertz CT molecular complexity index is 633. The van der Waals surface area contributed by atoms with Crippen molar-refractivity contribution in [3.63, 3.8) is 0 Å². The van der Waals surface area contributed by atoms with Crippen LogP contribution in [0.1, 0.15) is 54.7 Å². The van der Waals surface area contributed by atoms with Gasteiger partial charge in [0, 0.05) is 17.9 Å². The summed E-state index contributed by atoms with van der Waals surface area (Å²) in [6.45, 7) is 4.84. The molecule has 1 saturated heterocycles. The molecule has 2 aromatic rings. The molecule has 0 aromatic heterocycles. The molecular formula is C21H25N. The Morgan fingerprint density at radius 2 is 1.68 bits per heavy atom. The van der Waals surface area contributed by atoms with Crippen molar-refractivity contribution >= 4 is 0 Å². The molecule has 2 aliphatic rings. The average Bonchev–Trinajstić information content (AvgIpc) is 2.98. The highest BCUT2D eigenvalue weighted by atomic mass is 15.2. The van der Waals surface area contributed by atoms with E-state index in [1.807, 2.05) is 0 Å². The topological polar surface area (TPSA) is 3.24 Å². The fourth-order valence-corrected chi connectivity index (χ4v) is 4.69. The summed E-state index contributed by atoms with van der Waals surface area (Å²) in [4.78, 5) is 2.75. The monoisotopic (exact) mass is 291 g/mol. The van der Waals surface area contributed by atoms with E-state index in [0.717, 1.165) is 12.0 Å². The van der Waals surface area contributed by atoms with E-state index in [9.17, 15) is 0 Å². The van der Waals surface area contributed by atoms with Crippen LogP contribution in [0.5, 0.6) is 0 Å².